The van der Waals surface area contributed by atoms with Crippen LogP contribution in [0.5, 0.6) is 0 Å². The molecule has 0 saturated carbocycles. The van der Waals surface area contributed by atoms with E-state index in [1.807, 2.05) is 0 Å². The first-order valence-corrected chi connectivity index (χ1v) is 8.15. The number of hydrogen-bond acceptors (Lipinski definition) is 3. The van der Waals surface area contributed by atoms with Crippen LogP contribution in [-0.2, 0) is 0 Å². The van der Waals surface area contributed by atoms with Crippen molar-refractivity contribution < 1.29 is 22.8 Å². The normalized spacial score (nSPS) is 10.4. The van der Waals surface area contributed by atoms with Crippen LogP contribution in [0.2, 0.25) is 0 Å². The molecule has 8 heteroatoms. The van der Waals surface area contributed by atoms with Crippen LogP contribution in [0.3, 0.4) is 0 Å². The summed E-state index contributed by atoms with van der Waals surface area (Å²) in [6, 6.07) is 12.4. The molecule has 0 atom stereocenters. The lowest BCUT2D eigenvalue weighted by molar-refractivity contribution is 0.0831. The zero-order chi connectivity index (χ0) is 18.7. The fourth-order valence-electron chi connectivity index (χ4n) is 2.18. The van der Waals surface area contributed by atoms with Gasteiger partial charge in [0.15, 0.2) is 5.76 Å². The first-order valence-electron chi connectivity index (χ1n) is 7.36. The number of benzene rings is 2. The van der Waals surface area contributed by atoms with Crippen molar-refractivity contribution in [2.45, 2.75) is 0 Å². The number of rotatable bonds is 3. The van der Waals surface area contributed by atoms with Gasteiger partial charge in [-0.25, -0.2) is 8.78 Å². The maximum Gasteiger partial charge on any atom is 0.305 e. The van der Waals surface area contributed by atoms with Crippen molar-refractivity contribution in [2.75, 3.05) is 0 Å². The molecule has 5 nitrogen and oxygen atoms in total. The maximum atomic E-state index is 13.8. The second-order valence-corrected chi connectivity index (χ2v) is 6.09. The molecule has 3 aromatic rings. The third-order valence-corrected chi connectivity index (χ3v) is 3.96. The molecule has 1 aromatic heterocycles. The molecule has 0 fully saturated rings. The summed E-state index contributed by atoms with van der Waals surface area (Å²) in [5.74, 6) is -3.26. The summed E-state index contributed by atoms with van der Waals surface area (Å²) in [6.45, 7) is 0. The zero-order valence-electron chi connectivity index (χ0n) is 13.1. The fraction of sp³-hybridized carbons (Fsp3) is 0. The van der Waals surface area contributed by atoms with E-state index in [0.29, 0.717) is 5.56 Å². The molecular formula is C18H11BrF2N2O3. The maximum absolute atomic E-state index is 13.8. The van der Waals surface area contributed by atoms with E-state index >= 15 is 0 Å². The summed E-state index contributed by atoms with van der Waals surface area (Å²) >= 11 is 3.25. The molecule has 0 aliphatic carbocycles. The molecule has 0 aliphatic rings. The molecule has 0 bridgehead atoms. The van der Waals surface area contributed by atoms with Gasteiger partial charge in [-0.1, -0.05) is 22.0 Å². The highest BCUT2D eigenvalue weighted by Gasteiger charge is 2.18. The van der Waals surface area contributed by atoms with Crippen LogP contribution in [0.1, 0.15) is 20.9 Å². The smallest absolute Gasteiger partial charge is 0.305 e. The number of furan rings is 1. The lowest BCUT2D eigenvalue weighted by atomic mass is 10.1. The van der Waals surface area contributed by atoms with E-state index in [-0.39, 0.29) is 17.1 Å². The number of hydrazine groups is 1. The second-order valence-electron chi connectivity index (χ2n) is 5.18. The Kier molecular flexibility index (Phi) is 5.13. The van der Waals surface area contributed by atoms with Gasteiger partial charge in [-0.2, -0.15) is 0 Å². The Hall–Kier alpha value is -3.00. The zero-order valence-corrected chi connectivity index (χ0v) is 14.6. The van der Waals surface area contributed by atoms with Gasteiger partial charge < -0.3 is 4.42 Å². The quantitative estimate of drug-likeness (QED) is 0.627. The lowest BCUT2D eigenvalue weighted by Gasteiger charge is -2.06. The molecule has 1 heterocycles. The molecule has 0 unspecified atom stereocenters. The Labute approximate surface area is 155 Å². The van der Waals surface area contributed by atoms with Gasteiger partial charge in [0, 0.05) is 10.0 Å². The van der Waals surface area contributed by atoms with Crippen molar-refractivity contribution in [3.63, 3.8) is 0 Å². The molecular weight excluding hydrogens is 410 g/mol. The van der Waals surface area contributed by atoms with Crippen LogP contribution in [0.4, 0.5) is 8.78 Å². The summed E-state index contributed by atoms with van der Waals surface area (Å²) in [5, 5.41) is 0. The minimum absolute atomic E-state index is 0.134. The van der Waals surface area contributed by atoms with Crippen molar-refractivity contribution in [1.29, 1.82) is 0 Å². The molecule has 0 spiro atoms. The van der Waals surface area contributed by atoms with Crippen molar-refractivity contribution in [3.8, 4) is 11.3 Å². The van der Waals surface area contributed by atoms with Crippen molar-refractivity contribution in [1.82, 2.24) is 10.9 Å². The van der Waals surface area contributed by atoms with Gasteiger partial charge in [0.05, 0.1) is 5.56 Å². The van der Waals surface area contributed by atoms with Crippen LogP contribution >= 0.6 is 15.9 Å². The monoisotopic (exact) mass is 420 g/mol. The number of hydrogen-bond donors (Lipinski definition) is 2. The van der Waals surface area contributed by atoms with Crippen LogP contribution in [-0.4, -0.2) is 11.8 Å². The average molecular weight is 421 g/mol. The Morgan fingerprint density at radius 1 is 0.846 bits per heavy atom. The molecule has 0 saturated heterocycles. The Morgan fingerprint density at radius 3 is 2.12 bits per heavy atom. The summed E-state index contributed by atoms with van der Waals surface area (Å²) in [7, 11) is 0. The minimum atomic E-state index is -0.810. The van der Waals surface area contributed by atoms with E-state index in [4.69, 9.17) is 4.42 Å². The highest BCUT2D eigenvalue weighted by molar-refractivity contribution is 9.10. The molecule has 0 radical (unpaired) electrons. The van der Waals surface area contributed by atoms with Crippen molar-refractivity contribution in [2.24, 2.45) is 0 Å². The van der Waals surface area contributed by atoms with Gasteiger partial charge in [0.2, 0.25) is 0 Å². The summed E-state index contributed by atoms with van der Waals surface area (Å²) in [6.07, 6.45) is 0. The predicted octanol–water partition coefficient (Wildman–Crippen LogP) is 4.06. The Balaban J connectivity index is 1.69. The molecule has 2 aromatic carbocycles. The van der Waals surface area contributed by atoms with Crippen molar-refractivity contribution in [3.05, 3.63) is 82.0 Å². The van der Waals surface area contributed by atoms with Crippen LogP contribution in [0.25, 0.3) is 11.3 Å². The van der Waals surface area contributed by atoms with Crippen molar-refractivity contribution >= 4 is 27.7 Å². The van der Waals surface area contributed by atoms with Gasteiger partial charge in [0.1, 0.15) is 17.4 Å². The molecule has 2 amide bonds. The minimum Gasteiger partial charge on any atom is -0.451 e. The number of carbonyl (C=O) groups excluding carboxylic acids is 2. The lowest BCUT2D eigenvalue weighted by Crippen LogP contribution is -2.41. The van der Waals surface area contributed by atoms with Gasteiger partial charge >= 0.3 is 5.91 Å². The van der Waals surface area contributed by atoms with E-state index in [2.05, 4.69) is 26.8 Å². The van der Waals surface area contributed by atoms with Gasteiger partial charge in [-0.3, -0.25) is 20.4 Å². The molecule has 132 valence electrons. The largest absolute Gasteiger partial charge is 0.451 e. The van der Waals surface area contributed by atoms with Crippen LogP contribution < -0.4 is 10.9 Å². The van der Waals surface area contributed by atoms with E-state index in [1.165, 1.54) is 18.2 Å². The third-order valence-electron chi connectivity index (χ3n) is 3.43. The predicted molar refractivity (Wildman–Crippen MR) is 93.1 cm³/mol. The molecule has 3 rings (SSSR count). The molecule has 26 heavy (non-hydrogen) atoms. The molecule has 0 aliphatic heterocycles. The number of halogens is 3. The van der Waals surface area contributed by atoms with E-state index in [0.717, 1.165) is 16.6 Å². The number of amides is 2. The number of nitrogens with one attached hydrogen (secondary N) is 2. The average Bonchev–Trinajstić information content (AvgIpc) is 3.09. The topological polar surface area (TPSA) is 71.3 Å². The number of carbonyl (C=O) groups is 2. The molecule has 2 N–H and O–H groups in total. The first-order chi connectivity index (χ1) is 12.5. The van der Waals surface area contributed by atoms with Crippen LogP contribution in [0, 0.1) is 11.6 Å². The highest BCUT2D eigenvalue weighted by atomic mass is 79.9. The summed E-state index contributed by atoms with van der Waals surface area (Å²) in [4.78, 5) is 24.0. The second kappa shape index (κ2) is 7.49. The highest BCUT2D eigenvalue weighted by Crippen LogP contribution is 2.27. The van der Waals surface area contributed by atoms with Crippen LogP contribution in [0.15, 0.2) is 63.5 Å². The van der Waals surface area contributed by atoms with Gasteiger partial charge in [0.25, 0.3) is 5.91 Å². The summed E-state index contributed by atoms with van der Waals surface area (Å²) < 4.78 is 33.5. The van der Waals surface area contributed by atoms with Gasteiger partial charge in [-0.05, 0) is 48.5 Å². The Morgan fingerprint density at radius 2 is 1.46 bits per heavy atom. The van der Waals surface area contributed by atoms with E-state index < -0.39 is 23.4 Å². The summed E-state index contributed by atoms with van der Waals surface area (Å²) in [5.41, 5.74) is 4.37. The van der Waals surface area contributed by atoms with Gasteiger partial charge in [-0.15, -0.1) is 0 Å². The SMILES string of the molecule is O=C(NNC(=O)c1ccc(-c2c(F)cccc2F)o1)c1ccc(Br)cc1. The van der Waals surface area contributed by atoms with E-state index in [1.54, 1.807) is 24.3 Å². The first kappa shape index (κ1) is 17.8. The third kappa shape index (κ3) is 3.80. The fourth-order valence-corrected chi connectivity index (χ4v) is 2.44. The standard InChI is InChI=1S/C18H11BrF2N2O3/c19-11-6-4-10(5-7-11)17(24)22-23-18(25)15-9-8-14(26-15)16-12(20)2-1-3-13(16)21/h1-9H,(H,22,24)(H,23,25). The van der Waals surface area contributed by atoms with E-state index in [9.17, 15) is 18.4 Å². The Bertz CT molecular complexity index is 951.